The Morgan fingerprint density at radius 2 is 2.17 bits per heavy atom. The minimum absolute atomic E-state index is 0.0579. The van der Waals surface area contributed by atoms with Crippen molar-refractivity contribution in [2.45, 2.75) is 26.2 Å². The summed E-state index contributed by atoms with van der Waals surface area (Å²) in [6.45, 7) is 2.65. The third-order valence-electron chi connectivity index (χ3n) is 2.56. The van der Waals surface area contributed by atoms with Gasteiger partial charge >= 0.3 is 0 Å². The van der Waals surface area contributed by atoms with Gasteiger partial charge in [0, 0.05) is 18.2 Å². The third-order valence-corrected chi connectivity index (χ3v) is 2.56. The van der Waals surface area contributed by atoms with Gasteiger partial charge in [-0.05, 0) is 18.6 Å². The van der Waals surface area contributed by atoms with Crippen molar-refractivity contribution in [3.05, 3.63) is 33.9 Å². The maximum absolute atomic E-state index is 11.7. The largest absolute Gasteiger partial charge is 0.393 e. The third kappa shape index (κ3) is 3.73. The fraction of sp³-hybridized carbons (Fsp3) is 0.417. The number of nitrogens with zero attached hydrogens (tertiary/aromatic N) is 1. The van der Waals surface area contributed by atoms with E-state index in [1.807, 2.05) is 0 Å². The molecule has 0 aliphatic rings. The average Bonchev–Trinajstić information content (AvgIpc) is 2.34. The van der Waals surface area contributed by atoms with Gasteiger partial charge in [0.05, 0.1) is 4.92 Å². The van der Waals surface area contributed by atoms with Crippen molar-refractivity contribution in [3.63, 3.8) is 0 Å². The fourth-order valence-corrected chi connectivity index (χ4v) is 1.52. The van der Waals surface area contributed by atoms with Gasteiger partial charge in [0.25, 0.3) is 11.6 Å². The Kier molecular flexibility index (Phi) is 5.10. The van der Waals surface area contributed by atoms with E-state index in [0.717, 1.165) is 19.3 Å². The van der Waals surface area contributed by atoms with Gasteiger partial charge in [-0.25, -0.2) is 0 Å². The molecule has 0 aromatic heterocycles. The summed E-state index contributed by atoms with van der Waals surface area (Å²) in [7, 11) is 0. The van der Waals surface area contributed by atoms with Crippen LogP contribution in [-0.4, -0.2) is 17.4 Å². The van der Waals surface area contributed by atoms with Crippen LogP contribution in [0.25, 0.3) is 0 Å². The van der Waals surface area contributed by atoms with E-state index in [2.05, 4.69) is 12.2 Å². The van der Waals surface area contributed by atoms with Crippen LogP contribution in [0.15, 0.2) is 18.2 Å². The second kappa shape index (κ2) is 6.58. The van der Waals surface area contributed by atoms with Crippen LogP contribution in [0.4, 0.5) is 11.4 Å². The molecule has 1 rings (SSSR count). The van der Waals surface area contributed by atoms with E-state index in [0.29, 0.717) is 6.54 Å². The van der Waals surface area contributed by atoms with Gasteiger partial charge in [-0.2, -0.15) is 0 Å². The van der Waals surface area contributed by atoms with Gasteiger partial charge in [-0.1, -0.05) is 19.8 Å². The van der Waals surface area contributed by atoms with Crippen molar-refractivity contribution in [3.8, 4) is 0 Å². The van der Waals surface area contributed by atoms with E-state index >= 15 is 0 Å². The molecule has 6 heteroatoms. The Morgan fingerprint density at radius 1 is 1.44 bits per heavy atom. The highest BCUT2D eigenvalue weighted by atomic mass is 16.6. The highest BCUT2D eigenvalue weighted by Gasteiger charge is 2.15. The van der Waals surface area contributed by atoms with Crippen LogP contribution in [0.3, 0.4) is 0 Å². The maximum Gasteiger partial charge on any atom is 0.292 e. The van der Waals surface area contributed by atoms with E-state index in [1.54, 1.807) is 0 Å². The number of nitrogen functional groups attached to an aromatic ring is 1. The number of amides is 1. The molecule has 0 heterocycles. The first kappa shape index (κ1) is 14.0. The normalized spacial score (nSPS) is 10.1. The minimum Gasteiger partial charge on any atom is -0.393 e. The Hall–Kier alpha value is -2.11. The quantitative estimate of drug-likeness (QED) is 0.350. The molecule has 1 amide bonds. The Balaban J connectivity index is 2.68. The smallest absolute Gasteiger partial charge is 0.292 e. The zero-order chi connectivity index (χ0) is 13.5. The molecule has 0 bridgehead atoms. The number of carbonyl (C=O) groups is 1. The number of nitro groups is 1. The summed E-state index contributed by atoms with van der Waals surface area (Å²) in [6.07, 6.45) is 3.02. The van der Waals surface area contributed by atoms with Crippen molar-refractivity contribution < 1.29 is 9.72 Å². The Labute approximate surface area is 105 Å². The predicted molar refractivity (Wildman–Crippen MR) is 69.4 cm³/mol. The van der Waals surface area contributed by atoms with E-state index in [-0.39, 0.29) is 22.8 Å². The zero-order valence-corrected chi connectivity index (χ0v) is 10.3. The van der Waals surface area contributed by atoms with E-state index in [9.17, 15) is 14.9 Å². The van der Waals surface area contributed by atoms with E-state index in [1.165, 1.54) is 18.2 Å². The summed E-state index contributed by atoms with van der Waals surface area (Å²) in [4.78, 5) is 21.8. The van der Waals surface area contributed by atoms with Crippen molar-refractivity contribution in [2.75, 3.05) is 12.3 Å². The van der Waals surface area contributed by atoms with Crippen LogP contribution >= 0.6 is 0 Å². The van der Waals surface area contributed by atoms with Gasteiger partial charge in [-0.15, -0.1) is 0 Å². The highest BCUT2D eigenvalue weighted by Crippen LogP contribution is 2.22. The van der Waals surface area contributed by atoms with Crippen molar-refractivity contribution in [1.82, 2.24) is 5.32 Å². The summed E-state index contributed by atoms with van der Waals surface area (Å²) in [6, 6.07) is 4.06. The molecular weight excluding hydrogens is 234 g/mol. The molecule has 6 nitrogen and oxygen atoms in total. The molecule has 18 heavy (non-hydrogen) atoms. The molecule has 3 N–H and O–H groups in total. The number of carbonyl (C=O) groups excluding carboxylic acids is 1. The second-order valence-corrected chi connectivity index (χ2v) is 3.99. The molecule has 0 fully saturated rings. The first-order chi connectivity index (χ1) is 8.56. The molecule has 0 radical (unpaired) electrons. The standard InChI is InChI=1S/C12H17N3O3/c1-2-3-4-7-14-12(16)9-5-6-10(13)11(8-9)15(17)18/h5-6,8H,2-4,7,13H2,1H3,(H,14,16). The van der Waals surface area contributed by atoms with Gasteiger partial charge in [0.15, 0.2) is 0 Å². The van der Waals surface area contributed by atoms with Crippen LogP contribution in [0.2, 0.25) is 0 Å². The van der Waals surface area contributed by atoms with Crippen LogP contribution in [-0.2, 0) is 0 Å². The van der Waals surface area contributed by atoms with Gasteiger partial charge < -0.3 is 11.1 Å². The summed E-state index contributed by atoms with van der Waals surface area (Å²) < 4.78 is 0. The molecule has 0 saturated heterocycles. The maximum atomic E-state index is 11.7. The molecule has 0 saturated carbocycles. The van der Waals surface area contributed by atoms with Crippen LogP contribution in [0.1, 0.15) is 36.5 Å². The van der Waals surface area contributed by atoms with Gasteiger partial charge in [-0.3, -0.25) is 14.9 Å². The number of hydrogen-bond donors (Lipinski definition) is 2. The van der Waals surface area contributed by atoms with Crippen molar-refractivity contribution >= 4 is 17.3 Å². The lowest BCUT2D eigenvalue weighted by Crippen LogP contribution is -2.24. The summed E-state index contributed by atoms with van der Waals surface area (Å²) in [5.74, 6) is -0.311. The summed E-state index contributed by atoms with van der Waals surface area (Å²) in [5, 5.41) is 13.4. The summed E-state index contributed by atoms with van der Waals surface area (Å²) >= 11 is 0. The number of rotatable bonds is 6. The molecule has 0 aliphatic carbocycles. The Morgan fingerprint density at radius 3 is 2.78 bits per heavy atom. The molecule has 98 valence electrons. The predicted octanol–water partition coefficient (Wildman–Crippen LogP) is 2.10. The Bertz CT molecular complexity index is 446. The number of benzene rings is 1. The molecule has 1 aromatic carbocycles. The lowest BCUT2D eigenvalue weighted by molar-refractivity contribution is -0.383. The monoisotopic (exact) mass is 251 g/mol. The van der Waals surface area contributed by atoms with Crippen molar-refractivity contribution in [1.29, 1.82) is 0 Å². The topological polar surface area (TPSA) is 98.3 Å². The molecule has 0 spiro atoms. The summed E-state index contributed by atoms with van der Waals surface area (Å²) in [5.41, 5.74) is 5.53. The van der Waals surface area contributed by atoms with Crippen LogP contribution < -0.4 is 11.1 Å². The minimum atomic E-state index is -0.594. The fourth-order valence-electron chi connectivity index (χ4n) is 1.52. The zero-order valence-electron chi connectivity index (χ0n) is 10.3. The molecule has 0 atom stereocenters. The number of nitrogens with one attached hydrogen (secondary N) is 1. The SMILES string of the molecule is CCCCCNC(=O)c1ccc(N)c([N+](=O)[O-])c1. The molecule has 0 unspecified atom stereocenters. The lowest BCUT2D eigenvalue weighted by atomic mass is 10.1. The van der Waals surface area contributed by atoms with E-state index < -0.39 is 4.92 Å². The number of anilines is 1. The lowest BCUT2D eigenvalue weighted by Gasteiger charge is -2.05. The number of hydrogen-bond acceptors (Lipinski definition) is 4. The van der Waals surface area contributed by atoms with Gasteiger partial charge in [0.1, 0.15) is 5.69 Å². The van der Waals surface area contributed by atoms with Crippen molar-refractivity contribution in [2.24, 2.45) is 0 Å². The number of nitrogens with two attached hydrogens (primary N) is 1. The van der Waals surface area contributed by atoms with E-state index in [4.69, 9.17) is 5.73 Å². The molecule has 0 aliphatic heterocycles. The highest BCUT2D eigenvalue weighted by molar-refractivity contribution is 5.95. The number of nitro benzene ring substituents is 1. The molecule has 1 aromatic rings. The average molecular weight is 251 g/mol. The van der Waals surface area contributed by atoms with Gasteiger partial charge in [0.2, 0.25) is 0 Å². The molecular formula is C12H17N3O3. The first-order valence-corrected chi connectivity index (χ1v) is 5.88. The number of unbranched alkanes of at least 4 members (excludes halogenated alkanes) is 2. The second-order valence-electron chi connectivity index (χ2n) is 3.99. The first-order valence-electron chi connectivity index (χ1n) is 5.88. The van der Waals surface area contributed by atoms with Crippen LogP contribution in [0, 0.1) is 10.1 Å². The van der Waals surface area contributed by atoms with Crippen LogP contribution in [0.5, 0.6) is 0 Å².